The summed E-state index contributed by atoms with van der Waals surface area (Å²) in [6, 6.07) is 14.1. The van der Waals surface area contributed by atoms with Crippen molar-refractivity contribution < 1.29 is 14.3 Å². The zero-order valence-corrected chi connectivity index (χ0v) is 15.1. The van der Waals surface area contributed by atoms with Gasteiger partial charge in [0.25, 0.3) is 0 Å². The topological polar surface area (TPSA) is 59.6 Å². The van der Waals surface area contributed by atoms with Gasteiger partial charge in [0.2, 0.25) is 5.91 Å². The van der Waals surface area contributed by atoms with E-state index in [0.717, 1.165) is 12.0 Å². The van der Waals surface area contributed by atoms with Gasteiger partial charge in [-0.05, 0) is 36.6 Å². The summed E-state index contributed by atoms with van der Waals surface area (Å²) in [4.78, 5) is 11.9. The quantitative estimate of drug-likeness (QED) is 0.735. The highest BCUT2D eigenvalue weighted by molar-refractivity contribution is 5.77. The monoisotopic (exact) mass is 342 g/mol. The minimum absolute atomic E-state index is 0.00686. The molecule has 2 rings (SSSR count). The van der Waals surface area contributed by atoms with Crippen molar-refractivity contribution in [1.82, 2.24) is 10.6 Å². The molecule has 0 aliphatic heterocycles. The molecule has 0 aliphatic rings. The molecule has 0 aromatic heterocycles. The highest BCUT2D eigenvalue weighted by Gasteiger charge is 2.05. The van der Waals surface area contributed by atoms with Crippen LogP contribution in [-0.2, 0) is 17.8 Å². The number of amides is 1. The average molecular weight is 342 g/mol. The minimum atomic E-state index is -0.00686. The normalized spacial score (nSPS) is 10.4. The van der Waals surface area contributed by atoms with Gasteiger partial charge in [0.1, 0.15) is 0 Å². The van der Waals surface area contributed by atoms with Crippen LogP contribution in [0.4, 0.5) is 0 Å². The third-order valence-electron chi connectivity index (χ3n) is 3.92. The first kappa shape index (κ1) is 18.8. The Morgan fingerprint density at radius 3 is 2.32 bits per heavy atom. The molecule has 2 aromatic rings. The van der Waals surface area contributed by atoms with E-state index in [-0.39, 0.29) is 5.91 Å². The van der Waals surface area contributed by atoms with Gasteiger partial charge in [-0.15, -0.1) is 0 Å². The van der Waals surface area contributed by atoms with E-state index < -0.39 is 0 Å². The van der Waals surface area contributed by atoms with Gasteiger partial charge in [-0.3, -0.25) is 4.79 Å². The molecule has 25 heavy (non-hydrogen) atoms. The highest BCUT2D eigenvalue weighted by atomic mass is 16.5. The molecule has 5 heteroatoms. The van der Waals surface area contributed by atoms with Crippen molar-refractivity contribution in [1.29, 1.82) is 0 Å². The van der Waals surface area contributed by atoms with Gasteiger partial charge in [-0.1, -0.05) is 35.9 Å². The molecule has 2 N–H and O–H groups in total. The van der Waals surface area contributed by atoms with E-state index in [2.05, 4.69) is 41.8 Å². The second-order valence-corrected chi connectivity index (χ2v) is 5.88. The van der Waals surface area contributed by atoms with Crippen LogP contribution in [0.25, 0.3) is 0 Å². The number of carbonyl (C=O) groups is 1. The summed E-state index contributed by atoms with van der Waals surface area (Å²) in [7, 11) is 3.23. The summed E-state index contributed by atoms with van der Waals surface area (Å²) in [6.07, 6.45) is 0.740. The zero-order chi connectivity index (χ0) is 18.1. The van der Waals surface area contributed by atoms with Crippen LogP contribution in [0, 0.1) is 6.92 Å². The first-order valence-electron chi connectivity index (χ1n) is 8.36. The summed E-state index contributed by atoms with van der Waals surface area (Å²) in [6.45, 7) is 3.63. The Hall–Kier alpha value is -2.53. The lowest BCUT2D eigenvalue weighted by molar-refractivity contribution is -0.120. The number of methoxy groups -OCH3 is 2. The molecule has 0 heterocycles. The van der Waals surface area contributed by atoms with E-state index in [4.69, 9.17) is 9.47 Å². The molecule has 1 amide bonds. The maximum atomic E-state index is 11.9. The van der Waals surface area contributed by atoms with Crippen LogP contribution >= 0.6 is 0 Å². The Bertz CT molecular complexity index is 684. The van der Waals surface area contributed by atoms with Gasteiger partial charge in [0, 0.05) is 13.1 Å². The van der Waals surface area contributed by atoms with Crippen molar-refractivity contribution in [3.8, 4) is 11.5 Å². The molecule has 0 radical (unpaired) electrons. The summed E-state index contributed by atoms with van der Waals surface area (Å²) in [5.41, 5.74) is 3.49. The van der Waals surface area contributed by atoms with Crippen LogP contribution in [0.5, 0.6) is 11.5 Å². The van der Waals surface area contributed by atoms with Crippen molar-refractivity contribution in [2.75, 3.05) is 27.3 Å². The van der Waals surface area contributed by atoms with Crippen molar-refractivity contribution in [2.24, 2.45) is 0 Å². The molecule has 0 unspecified atom stereocenters. The number of ether oxygens (including phenoxy) is 2. The fraction of sp³-hybridized carbons (Fsp3) is 0.350. The fourth-order valence-corrected chi connectivity index (χ4v) is 2.47. The predicted octanol–water partition coefficient (Wildman–Crippen LogP) is 2.46. The minimum Gasteiger partial charge on any atom is -0.493 e. The predicted molar refractivity (Wildman–Crippen MR) is 99.1 cm³/mol. The third kappa shape index (κ3) is 6.12. The maximum absolute atomic E-state index is 11.9. The number of nitrogens with one attached hydrogen (secondary N) is 2. The van der Waals surface area contributed by atoms with Crippen molar-refractivity contribution in [3.05, 3.63) is 59.2 Å². The Labute approximate surface area is 149 Å². The van der Waals surface area contributed by atoms with Crippen LogP contribution in [0.3, 0.4) is 0 Å². The van der Waals surface area contributed by atoms with Gasteiger partial charge in [0.15, 0.2) is 11.5 Å². The van der Waals surface area contributed by atoms with Crippen molar-refractivity contribution in [2.45, 2.75) is 19.9 Å². The average Bonchev–Trinajstić information content (AvgIpc) is 2.63. The highest BCUT2D eigenvalue weighted by Crippen LogP contribution is 2.27. The maximum Gasteiger partial charge on any atom is 0.233 e. The van der Waals surface area contributed by atoms with E-state index in [1.54, 1.807) is 14.2 Å². The van der Waals surface area contributed by atoms with Crippen LogP contribution in [0.15, 0.2) is 42.5 Å². The lowest BCUT2D eigenvalue weighted by Gasteiger charge is -2.10. The SMILES string of the molecule is COc1ccc(CCNC(=O)CNCc2ccc(C)cc2)cc1OC. The molecule has 0 aliphatic carbocycles. The van der Waals surface area contributed by atoms with Crippen LogP contribution in [-0.4, -0.2) is 33.2 Å². The molecule has 2 aromatic carbocycles. The number of aryl methyl sites for hydroxylation is 1. The Balaban J connectivity index is 1.69. The fourth-order valence-electron chi connectivity index (χ4n) is 2.47. The van der Waals surface area contributed by atoms with E-state index in [0.29, 0.717) is 31.1 Å². The molecule has 0 fully saturated rings. The van der Waals surface area contributed by atoms with Gasteiger partial charge < -0.3 is 20.1 Å². The summed E-state index contributed by atoms with van der Waals surface area (Å²) >= 11 is 0. The van der Waals surface area contributed by atoms with Gasteiger partial charge in [-0.25, -0.2) is 0 Å². The van der Waals surface area contributed by atoms with Crippen molar-refractivity contribution >= 4 is 5.91 Å². The molecular weight excluding hydrogens is 316 g/mol. The van der Waals surface area contributed by atoms with Crippen LogP contribution < -0.4 is 20.1 Å². The smallest absolute Gasteiger partial charge is 0.233 e. The number of benzene rings is 2. The molecular formula is C20H26N2O3. The molecule has 0 bridgehead atoms. The van der Waals surface area contributed by atoms with E-state index in [1.807, 2.05) is 18.2 Å². The standard InChI is InChI=1S/C20H26N2O3/c1-15-4-6-17(7-5-15)13-21-14-20(23)22-11-10-16-8-9-18(24-2)19(12-16)25-3/h4-9,12,21H,10-11,13-14H2,1-3H3,(H,22,23). The zero-order valence-electron chi connectivity index (χ0n) is 15.1. The molecule has 5 nitrogen and oxygen atoms in total. The number of hydrogen-bond donors (Lipinski definition) is 2. The second-order valence-electron chi connectivity index (χ2n) is 5.88. The van der Waals surface area contributed by atoms with E-state index in [9.17, 15) is 4.79 Å². The van der Waals surface area contributed by atoms with E-state index in [1.165, 1.54) is 11.1 Å². The molecule has 0 spiro atoms. The molecule has 0 atom stereocenters. The first-order chi connectivity index (χ1) is 12.1. The number of rotatable bonds is 9. The molecule has 0 saturated heterocycles. The Morgan fingerprint density at radius 1 is 0.960 bits per heavy atom. The third-order valence-corrected chi connectivity index (χ3v) is 3.92. The molecule has 134 valence electrons. The van der Waals surface area contributed by atoms with E-state index >= 15 is 0 Å². The lowest BCUT2D eigenvalue weighted by Crippen LogP contribution is -2.34. The second kappa shape index (κ2) is 9.69. The first-order valence-corrected chi connectivity index (χ1v) is 8.36. The Kier molecular flexibility index (Phi) is 7.29. The summed E-state index contributed by atoms with van der Waals surface area (Å²) in [5.74, 6) is 1.40. The van der Waals surface area contributed by atoms with Gasteiger partial charge in [0.05, 0.1) is 20.8 Å². The molecule has 0 saturated carbocycles. The summed E-state index contributed by atoms with van der Waals surface area (Å²) < 4.78 is 10.5. The van der Waals surface area contributed by atoms with Crippen LogP contribution in [0.2, 0.25) is 0 Å². The number of carbonyl (C=O) groups excluding carboxylic acids is 1. The largest absolute Gasteiger partial charge is 0.493 e. The van der Waals surface area contributed by atoms with Crippen molar-refractivity contribution in [3.63, 3.8) is 0 Å². The van der Waals surface area contributed by atoms with Gasteiger partial charge >= 0.3 is 0 Å². The van der Waals surface area contributed by atoms with Gasteiger partial charge in [-0.2, -0.15) is 0 Å². The number of hydrogen-bond acceptors (Lipinski definition) is 4. The van der Waals surface area contributed by atoms with Crippen LogP contribution in [0.1, 0.15) is 16.7 Å². The summed E-state index contributed by atoms with van der Waals surface area (Å²) in [5, 5.41) is 6.07. The lowest BCUT2D eigenvalue weighted by atomic mass is 10.1. The Morgan fingerprint density at radius 2 is 1.64 bits per heavy atom.